The molecule has 0 amide bonds. The quantitative estimate of drug-likeness (QED) is 0.457. The number of fused-ring (bicyclic) bond motifs is 1. The van der Waals surface area contributed by atoms with Gasteiger partial charge in [0.2, 0.25) is 0 Å². The average molecular weight is 397 g/mol. The number of aromatic nitrogens is 4. The van der Waals surface area contributed by atoms with Crippen LogP contribution in [0.2, 0.25) is 0 Å². The van der Waals surface area contributed by atoms with Crippen molar-refractivity contribution in [3.63, 3.8) is 0 Å². The van der Waals surface area contributed by atoms with Crippen molar-refractivity contribution in [3.8, 4) is 11.4 Å². The lowest BCUT2D eigenvalue weighted by molar-refractivity contribution is -0.0511. The van der Waals surface area contributed by atoms with E-state index >= 15 is 0 Å². The van der Waals surface area contributed by atoms with Gasteiger partial charge in [-0.2, -0.15) is 0 Å². The molecule has 1 aromatic carbocycles. The van der Waals surface area contributed by atoms with Gasteiger partial charge in [-0.15, -0.1) is 0 Å². The number of aliphatic hydroxyl groups excluding tert-OH is 3. The lowest BCUT2D eigenvalue weighted by Gasteiger charge is -2.16. The summed E-state index contributed by atoms with van der Waals surface area (Å²) < 4.78 is 47.0. The smallest absolute Gasteiger partial charge is 0.194 e. The summed E-state index contributed by atoms with van der Waals surface area (Å²) >= 11 is 0. The SMILES string of the molecule is Nc1nc(-c2cc(F)c(F)c(F)c2)nc2c1ncn2[C@@H]1O[C@H](CO)[C@@H](O)[C@H]1O. The Bertz CT molecular complexity index is 1040. The van der Waals surface area contributed by atoms with E-state index in [1.165, 1.54) is 10.9 Å². The van der Waals surface area contributed by atoms with E-state index in [1.54, 1.807) is 0 Å². The standard InChI is InChI=1S/C16H14F3N5O4/c17-6-1-5(2-7(18)9(6)19)14-22-13(20)10-15(23-14)24(4-21-10)16-12(27)11(26)8(3-25)28-16/h1-2,4,8,11-12,16,25-27H,3H2,(H2,20,22,23)/t8-,11-,12-,16-/m1/s1. The number of anilines is 1. The van der Waals surface area contributed by atoms with Gasteiger partial charge >= 0.3 is 0 Å². The van der Waals surface area contributed by atoms with E-state index in [4.69, 9.17) is 10.5 Å². The Kier molecular flexibility index (Phi) is 4.42. The first kappa shape index (κ1) is 18.6. The Hall–Kier alpha value is -2.80. The molecule has 0 aliphatic carbocycles. The molecule has 0 bridgehead atoms. The van der Waals surface area contributed by atoms with Gasteiger partial charge in [0.25, 0.3) is 0 Å². The predicted octanol–water partition coefficient (Wildman–Crippen LogP) is 0.104. The van der Waals surface area contributed by atoms with Crippen molar-refractivity contribution in [2.45, 2.75) is 24.5 Å². The summed E-state index contributed by atoms with van der Waals surface area (Å²) in [6.07, 6.45) is -3.72. The molecule has 0 saturated carbocycles. The molecule has 1 fully saturated rings. The highest BCUT2D eigenvalue weighted by molar-refractivity contribution is 5.83. The van der Waals surface area contributed by atoms with Gasteiger partial charge in [0.15, 0.2) is 41.0 Å². The molecule has 1 aliphatic rings. The van der Waals surface area contributed by atoms with E-state index in [1.807, 2.05) is 0 Å². The predicted molar refractivity (Wildman–Crippen MR) is 88.1 cm³/mol. The summed E-state index contributed by atoms with van der Waals surface area (Å²) in [5.74, 6) is -4.82. The summed E-state index contributed by atoms with van der Waals surface area (Å²) in [5, 5.41) is 29.4. The van der Waals surface area contributed by atoms with Crippen LogP contribution < -0.4 is 5.73 Å². The van der Waals surface area contributed by atoms with Crippen LogP contribution in [0.1, 0.15) is 6.23 Å². The van der Waals surface area contributed by atoms with Gasteiger partial charge in [0, 0.05) is 5.56 Å². The molecule has 12 heteroatoms. The van der Waals surface area contributed by atoms with E-state index in [-0.39, 0.29) is 28.4 Å². The Labute approximate surface area is 154 Å². The summed E-state index contributed by atoms with van der Waals surface area (Å²) in [4.78, 5) is 12.1. The maximum atomic E-state index is 13.6. The minimum atomic E-state index is -1.63. The highest BCUT2D eigenvalue weighted by Gasteiger charge is 2.44. The number of nitrogens with two attached hydrogens (primary N) is 1. The topological polar surface area (TPSA) is 140 Å². The van der Waals surface area contributed by atoms with Crippen LogP contribution >= 0.6 is 0 Å². The number of nitrogens with zero attached hydrogens (tertiary/aromatic N) is 4. The van der Waals surface area contributed by atoms with E-state index in [0.717, 1.165) is 0 Å². The third-order valence-electron chi connectivity index (χ3n) is 4.48. The van der Waals surface area contributed by atoms with E-state index in [9.17, 15) is 28.5 Å². The van der Waals surface area contributed by atoms with Crippen LogP contribution in [0.15, 0.2) is 18.5 Å². The van der Waals surface area contributed by atoms with Crippen LogP contribution in [0.4, 0.5) is 19.0 Å². The van der Waals surface area contributed by atoms with Crippen LogP contribution in [0, 0.1) is 17.5 Å². The second kappa shape index (κ2) is 6.67. The Morgan fingerprint density at radius 2 is 1.79 bits per heavy atom. The number of rotatable bonds is 3. The van der Waals surface area contributed by atoms with Crippen molar-refractivity contribution in [2.75, 3.05) is 12.3 Å². The number of imidazole rings is 1. The molecule has 4 rings (SSSR count). The average Bonchev–Trinajstić information content (AvgIpc) is 3.21. The molecule has 2 aromatic heterocycles. The highest BCUT2D eigenvalue weighted by atomic mass is 19.2. The summed E-state index contributed by atoms with van der Waals surface area (Å²) in [6, 6.07) is 1.43. The number of hydrogen-bond acceptors (Lipinski definition) is 8. The van der Waals surface area contributed by atoms with Gasteiger partial charge < -0.3 is 25.8 Å². The largest absolute Gasteiger partial charge is 0.394 e. The highest BCUT2D eigenvalue weighted by Crippen LogP contribution is 2.33. The van der Waals surface area contributed by atoms with Crippen molar-refractivity contribution >= 4 is 17.0 Å². The van der Waals surface area contributed by atoms with E-state index < -0.39 is 48.6 Å². The Morgan fingerprint density at radius 3 is 2.39 bits per heavy atom. The van der Waals surface area contributed by atoms with Crippen LogP contribution in [0.5, 0.6) is 0 Å². The summed E-state index contributed by atoms with van der Waals surface area (Å²) in [5.41, 5.74) is 5.84. The first-order chi connectivity index (χ1) is 13.3. The van der Waals surface area contributed by atoms with Crippen LogP contribution in [-0.4, -0.2) is 59.8 Å². The fourth-order valence-corrected chi connectivity index (χ4v) is 3.05. The van der Waals surface area contributed by atoms with Crippen LogP contribution in [0.25, 0.3) is 22.6 Å². The second-order valence-electron chi connectivity index (χ2n) is 6.24. The molecule has 3 aromatic rings. The first-order valence-electron chi connectivity index (χ1n) is 8.09. The Balaban J connectivity index is 1.84. The van der Waals surface area contributed by atoms with Crippen molar-refractivity contribution in [1.29, 1.82) is 0 Å². The summed E-state index contributed by atoms with van der Waals surface area (Å²) in [7, 11) is 0. The zero-order chi connectivity index (χ0) is 20.2. The van der Waals surface area contributed by atoms with Gasteiger partial charge in [0.05, 0.1) is 12.9 Å². The maximum absolute atomic E-state index is 13.6. The van der Waals surface area contributed by atoms with Crippen LogP contribution in [-0.2, 0) is 4.74 Å². The molecular formula is C16H14F3N5O4. The van der Waals surface area contributed by atoms with Gasteiger partial charge in [-0.25, -0.2) is 28.1 Å². The number of ether oxygens (including phenoxy) is 1. The van der Waals surface area contributed by atoms with Crippen molar-refractivity contribution in [1.82, 2.24) is 19.5 Å². The monoisotopic (exact) mass is 397 g/mol. The third kappa shape index (κ3) is 2.77. The minimum Gasteiger partial charge on any atom is -0.394 e. The number of halogens is 3. The van der Waals surface area contributed by atoms with E-state index in [2.05, 4.69) is 15.0 Å². The first-order valence-corrected chi connectivity index (χ1v) is 8.09. The van der Waals surface area contributed by atoms with Gasteiger partial charge in [-0.1, -0.05) is 0 Å². The number of hydrogen-bond donors (Lipinski definition) is 4. The van der Waals surface area contributed by atoms with Crippen molar-refractivity contribution < 1.29 is 33.2 Å². The van der Waals surface area contributed by atoms with Crippen molar-refractivity contribution in [2.24, 2.45) is 0 Å². The molecule has 1 saturated heterocycles. The molecular weight excluding hydrogens is 383 g/mol. The van der Waals surface area contributed by atoms with E-state index in [0.29, 0.717) is 12.1 Å². The maximum Gasteiger partial charge on any atom is 0.194 e. The van der Waals surface area contributed by atoms with Gasteiger partial charge in [-0.3, -0.25) is 4.57 Å². The minimum absolute atomic E-state index is 0.0440. The molecule has 148 valence electrons. The number of benzene rings is 1. The van der Waals surface area contributed by atoms with Gasteiger partial charge in [0.1, 0.15) is 23.8 Å². The molecule has 28 heavy (non-hydrogen) atoms. The fourth-order valence-electron chi connectivity index (χ4n) is 3.05. The lowest BCUT2D eigenvalue weighted by Crippen LogP contribution is -2.33. The summed E-state index contributed by atoms with van der Waals surface area (Å²) in [6.45, 7) is -0.530. The zero-order valence-electron chi connectivity index (χ0n) is 14.0. The molecule has 9 nitrogen and oxygen atoms in total. The van der Waals surface area contributed by atoms with Gasteiger partial charge in [-0.05, 0) is 12.1 Å². The molecule has 4 atom stereocenters. The van der Waals surface area contributed by atoms with Crippen LogP contribution in [0.3, 0.4) is 0 Å². The lowest BCUT2D eigenvalue weighted by atomic mass is 10.1. The molecule has 3 heterocycles. The third-order valence-corrected chi connectivity index (χ3v) is 4.48. The molecule has 1 aliphatic heterocycles. The second-order valence-corrected chi connectivity index (χ2v) is 6.24. The molecule has 0 unspecified atom stereocenters. The molecule has 0 spiro atoms. The normalized spacial score (nSPS) is 24.9. The number of aliphatic hydroxyl groups is 3. The Morgan fingerprint density at radius 1 is 1.11 bits per heavy atom. The molecule has 0 radical (unpaired) electrons. The molecule has 5 N–H and O–H groups in total. The zero-order valence-corrected chi connectivity index (χ0v) is 14.0. The fraction of sp³-hybridized carbons (Fsp3) is 0.312. The number of nitrogen functional groups attached to an aromatic ring is 1. The van der Waals surface area contributed by atoms with Crippen molar-refractivity contribution in [3.05, 3.63) is 35.9 Å².